The predicted molar refractivity (Wildman–Crippen MR) is 46.7 cm³/mol. The van der Waals surface area contributed by atoms with E-state index in [0.29, 0.717) is 11.1 Å². The molecule has 0 aromatic heterocycles. The Morgan fingerprint density at radius 1 is 1.07 bits per heavy atom. The maximum Gasteiger partial charge on any atom is 0.341 e. The van der Waals surface area contributed by atoms with E-state index < -0.39 is 18.2 Å². The zero-order chi connectivity index (χ0) is 10.1. The van der Waals surface area contributed by atoms with Crippen LogP contribution in [-0.4, -0.2) is 18.2 Å². The molecule has 2 bridgehead atoms. The number of cyclic esters (lactones) is 2. The fourth-order valence-corrected chi connectivity index (χ4v) is 1.23. The predicted octanol–water partition coefficient (Wildman–Crippen LogP) is 1.36. The van der Waals surface area contributed by atoms with E-state index in [4.69, 9.17) is 9.47 Å². The minimum absolute atomic E-state index is 0.367. The SMILES string of the molecule is CC1OC(=O)c2cccc(c2)C(=O)O1. The molecule has 0 saturated carbocycles. The van der Waals surface area contributed by atoms with Crippen LogP contribution in [0.3, 0.4) is 0 Å². The first-order valence-corrected chi connectivity index (χ1v) is 4.19. The molecule has 0 amide bonds. The number of hydrogen-bond donors (Lipinski definition) is 0. The highest BCUT2D eigenvalue weighted by atomic mass is 16.7. The van der Waals surface area contributed by atoms with E-state index in [2.05, 4.69) is 0 Å². The van der Waals surface area contributed by atoms with Crippen LogP contribution in [0.5, 0.6) is 0 Å². The molecule has 14 heavy (non-hydrogen) atoms. The van der Waals surface area contributed by atoms with Gasteiger partial charge in [-0.15, -0.1) is 0 Å². The summed E-state index contributed by atoms with van der Waals surface area (Å²) in [6, 6.07) is 6.26. The molecule has 4 nitrogen and oxygen atoms in total. The van der Waals surface area contributed by atoms with E-state index in [1.165, 1.54) is 13.0 Å². The molecule has 2 rings (SSSR count). The Morgan fingerprint density at radius 2 is 1.57 bits per heavy atom. The second-order valence-corrected chi connectivity index (χ2v) is 2.96. The summed E-state index contributed by atoms with van der Waals surface area (Å²) in [5, 5.41) is 0. The van der Waals surface area contributed by atoms with Crippen LogP contribution in [0, 0.1) is 0 Å². The van der Waals surface area contributed by atoms with Crippen LogP contribution in [0.1, 0.15) is 27.6 Å². The maximum absolute atomic E-state index is 11.3. The van der Waals surface area contributed by atoms with Crippen molar-refractivity contribution in [2.45, 2.75) is 13.2 Å². The first-order chi connectivity index (χ1) is 6.66. The van der Waals surface area contributed by atoms with E-state index in [-0.39, 0.29) is 0 Å². The lowest BCUT2D eigenvalue weighted by Crippen LogP contribution is -2.24. The molecular formula is C10H8O4. The van der Waals surface area contributed by atoms with Gasteiger partial charge in [-0.05, 0) is 18.2 Å². The van der Waals surface area contributed by atoms with Crippen LogP contribution in [0.4, 0.5) is 0 Å². The largest absolute Gasteiger partial charge is 0.422 e. The number of esters is 2. The molecule has 0 fully saturated rings. The quantitative estimate of drug-likeness (QED) is 0.582. The Kier molecular flexibility index (Phi) is 1.96. The van der Waals surface area contributed by atoms with Gasteiger partial charge in [0.05, 0.1) is 11.1 Å². The highest BCUT2D eigenvalue weighted by Gasteiger charge is 2.21. The van der Waals surface area contributed by atoms with E-state index in [1.54, 1.807) is 18.2 Å². The monoisotopic (exact) mass is 192 g/mol. The molecule has 1 aliphatic heterocycles. The summed E-state index contributed by atoms with van der Waals surface area (Å²) < 4.78 is 9.64. The number of carbonyl (C=O) groups is 2. The van der Waals surface area contributed by atoms with Gasteiger partial charge in [0.15, 0.2) is 0 Å². The van der Waals surface area contributed by atoms with E-state index in [9.17, 15) is 9.59 Å². The zero-order valence-corrected chi connectivity index (χ0v) is 7.52. The Morgan fingerprint density at radius 3 is 2.07 bits per heavy atom. The van der Waals surface area contributed by atoms with Crippen molar-refractivity contribution in [3.63, 3.8) is 0 Å². The van der Waals surface area contributed by atoms with Gasteiger partial charge in [-0.1, -0.05) is 6.07 Å². The van der Waals surface area contributed by atoms with Gasteiger partial charge in [-0.25, -0.2) is 9.59 Å². The van der Waals surface area contributed by atoms with Crippen LogP contribution >= 0.6 is 0 Å². The van der Waals surface area contributed by atoms with E-state index >= 15 is 0 Å². The lowest BCUT2D eigenvalue weighted by Gasteiger charge is -2.17. The Balaban J connectivity index is 2.49. The van der Waals surface area contributed by atoms with Crippen molar-refractivity contribution in [2.75, 3.05) is 0 Å². The van der Waals surface area contributed by atoms with Crippen LogP contribution in [0.25, 0.3) is 0 Å². The van der Waals surface area contributed by atoms with Crippen molar-refractivity contribution in [1.82, 2.24) is 0 Å². The van der Waals surface area contributed by atoms with Crippen LogP contribution < -0.4 is 0 Å². The number of hydrogen-bond acceptors (Lipinski definition) is 4. The third kappa shape index (κ3) is 1.46. The molecule has 0 spiro atoms. The molecule has 1 aromatic carbocycles. The molecular weight excluding hydrogens is 184 g/mol. The molecule has 0 atom stereocenters. The van der Waals surface area contributed by atoms with Gasteiger partial charge in [0.1, 0.15) is 0 Å². The molecule has 0 aliphatic carbocycles. The average Bonchev–Trinajstić information content (AvgIpc) is 2.16. The van der Waals surface area contributed by atoms with Crippen molar-refractivity contribution in [3.8, 4) is 0 Å². The number of carbonyl (C=O) groups excluding carboxylic acids is 2. The third-order valence-electron chi connectivity index (χ3n) is 1.88. The number of benzene rings is 1. The Bertz CT molecular complexity index is 364. The van der Waals surface area contributed by atoms with E-state index in [1.807, 2.05) is 0 Å². The number of fused-ring (bicyclic) bond motifs is 2. The molecule has 0 radical (unpaired) electrons. The average molecular weight is 192 g/mol. The topological polar surface area (TPSA) is 52.6 Å². The van der Waals surface area contributed by atoms with Crippen molar-refractivity contribution < 1.29 is 19.1 Å². The van der Waals surface area contributed by atoms with Crippen LogP contribution in [-0.2, 0) is 9.47 Å². The number of rotatable bonds is 0. The minimum atomic E-state index is -0.839. The second-order valence-electron chi connectivity index (χ2n) is 2.96. The Labute approximate surface area is 80.4 Å². The van der Waals surface area contributed by atoms with Gasteiger partial charge in [-0.3, -0.25) is 0 Å². The zero-order valence-electron chi connectivity index (χ0n) is 7.52. The van der Waals surface area contributed by atoms with Gasteiger partial charge in [0.25, 0.3) is 0 Å². The second kappa shape index (κ2) is 3.14. The standard InChI is InChI=1S/C10H8O4/c1-6-13-9(11)7-3-2-4-8(5-7)10(12)14-6/h2-6H,1H3. The smallest absolute Gasteiger partial charge is 0.341 e. The van der Waals surface area contributed by atoms with Crippen molar-refractivity contribution in [2.24, 2.45) is 0 Å². The maximum atomic E-state index is 11.3. The first kappa shape index (κ1) is 8.74. The third-order valence-corrected chi connectivity index (χ3v) is 1.88. The summed E-state index contributed by atoms with van der Waals surface area (Å²) >= 11 is 0. The molecule has 0 unspecified atom stereocenters. The molecule has 1 aliphatic rings. The van der Waals surface area contributed by atoms with Gasteiger partial charge in [0.2, 0.25) is 6.29 Å². The van der Waals surface area contributed by atoms with Gasteiger partial charge in [-0.2, -0.15) is 0 Å². The lowest BCUT2D eigenvalue weighted by atomic mass is 10.1. The van der Waals surface area contributed by atoms with Crippen molar-refractivity contribution in [1.29, 1.82) is 0 Å². The molecule has 0 saturated heterocycles. The summed E-state index contributed by atoms with van der Waals surface area (Å²) in [5.41, 5.74) is 0.733. The molecule has 1 aromatic rings. The summed E-state index contributed by atoms with van der Waals surface area (Å²) in [6.45, 7) is 1.50. The first-order valence-electron chi connectivity index (χ1n) is 4.19. The fraction of sp³-hybridized carbons (Fsp3) is 0.200. The van der Waals surface area contributed by atoms with E-state index in [0.717, 1.165) is 0 Å². The number of ether oxygens (including phenoxy) is 2. The molecule has 0 N–H and O–H groups in total. The summed E-state index contributed by atoms with van der Waals surface area (Å²) in [7, 11) is 0. The highest BCUT2D eigenvalue weighted by Crippen LogP contribution is 2.14. The van der Waals surface area contributed by atoms with Gasteiger partial charge < -0.3 is 9.47 Å². The van der Waals surface area contributed by atoms with Gasteiger partial charge in [0, 0.05) is 6.92 Å². The highest BCUT2D eigenvalue weighted by molar-refractivity contribution is 5.96. The Hall–Kier alpha value is -1.84. The summed E-state index contributed by atoms with van der Waals surface area (Å²) in [6.07, 6.45) is -0.839. The van der Waals surface area contributed by atoms with Gasteiger partial charge >= 0.3 is 11.9 Å². The molecule has 1 heterocycles. The molecule has 72 valence electrons. The normalized spacial score (nSPS) is 16.6. The van der Waals surface area contributed by atoms with Crippen molar-refractivity contribution in [3.05, 3.63) is 35.4 Å². The van der Waals surface area contributed by atoms with Crippen LogP contribution in [0.2, 0.25) is 0 Å². The summed E-state index contributed by atoms with van der Waals surface area (Å²) in [4.78, 5) is 22.7. The lowest BCUT2D eigenvalue weighted by molar-refractivity contribution is -0.0702. The fourth-order valence-electron chi connectivity index (χ4n) is 1.23. The minimum Gasteiger partial charge on any atom is -0.422 e. The summed E-state index contributed by atoms with van der Waals surface area (Å²) in [5.74, 6) is -0.960. The van der Waals surface area contributed by atoms with Crippen molar-refractivity contribution >= 4 is 11.9 Å². The molecule has 4 heteroatoms. The van der Waals surface area contributed by atoms with Crippen LogP contribution in [0.15, 0.2) is 24.3 Å².